The van der Waals surface area contributed by atoms with Crippen molar-refractivity contribution in [3.8, 4) is 5.69 Å². The van der Waals surface area contributed by atoms with Gasteiger partial charge in [-0.15, -0.1) is 0 Å². The molecule has 1 aromatic heterocycles. The van der Waals surface area contributed by atoms with Gasteiger partial charge in [0, 0.05) is 12.2 Å². The Hall–Kier alpha value is -3.22. The molecule has 1 fully saturated rings. The molecule has 0 saturated carbocycles. The Morgan fingerprint density at radius 3 is 2.64 bits per heavy atom. The number of nitrogens with zero attached hydrogens (tertiary/aromatic N) is 4. The second-order valence-corrected chi connectivity index (χ2v) is 5.81. The van der Waals surface area contributed by atoms with E-state index >= 15 is 0 Å². The number of halogens is 1. The molecule has 2 heterocycles. The van der Waals surface area contributed by atoms with Crippen molar-refractivity contribution in [2.24, 2.45) is 0 Å². The second kappa shape index (κ2) is 6.35. The number of nitrogens with one attached hydrogen (secondary N) is 1. The summed E-state index contributed by atoms with van der Waals surface area (Å²) in [6.07, 6.45) is 3.72. The van der Waals surface area contributed by atoms with Gasteiger partial charge in [0.15, 0.2) is 0 Å². The van der Waals surface area contributed by atoms with E-state index in [1.54, 1.807) is 29.2 Å². The monoisotopic (exact) mass is 337 g/mol. The van der Waals surface area contributed by atoms with E-state index in [1.807, 2.05) is 24.3 Å². The van der Waals surface area contributed by atoms with E-state index in [4.69, 9.17) is 0 Å². The Kier molecular flexibility index (Phi) is 3.89. The molecule has 0 unspecified atom stereocenters. The summed E-state index contributed by atoms with van der Waals surface area (Å²) in [4.78, 5) is 18.0. The maximum Gasteiger partial charge on any atom is 0.249 e. The van der Waals surface area contributed by atoms with Crippen LogP contribution in [0.25, 0.3) is 5.69 Å². The Morgan fingerprint density at radius 2 is 1.92 bits per heavy atom. The number of anilines is 2. The first kappa shape index (κ1) is 15.3. The van der Waals surface area contributed by atoms with Gasteiger partial charge in [-0.25, -0.2) is 14.1 Å². The maximum absolute atomic E-state index is 13.9. The van der Waals surface area contributed by atoms with Gasteiger partial charge in [-0.2, -0.15) is 5.10 Å². The fourth-order valence-electron chi connectivity index (χ4n) is 2.98. The highest BCUT2D eigenvalue weighted by Crippen LogP contribution is 2.26. The lowest BCUT2D eigenvalue weighted by atomic mass is 10.2. The van der Waals surface area contributed by atoms with Crippen LogP contribution in [-0.4, -0.2) is 33.3 Å². The average Bonchev–Trinajstić information content (AvgIpc) is 3.28. The fraction of sp³-hybridized carbons (Fsp3) is 0.167. The normalized spacial score (nSPS) is 17.1. The SMILES string of the molecule is O=C1[C@@H](Nc2ccc(-n3cncn3)cc2)CCN1c1ccccc1F. The summed E-state index contributed by atoms with van der Waals surface area (Å²) in [7, 11) is 0. The molecule has 2 aromatic carbocycles. The number of aromatic nitrogens is 3. The summed E-state index contributed by atoms with van der Waals surface area (Å²) >= 11 is 0. The van der Waals surface area contributed by atoms with Crippen molar-refractivity contribution in [2.75, 3.05) is 16.8 Å². The van der Waals surface area contributed by atoms with Crippen LogP contribution in [0, 0.1) is 5.82 Å². The van der Waals surface area contributed by atoms with Crippen LogP contribution in [0.5, 0.6) is 0 Å². The predicted molar refractivity (Wildman–Crippen MR) is 92.1 cm³/mol. The Balaban J connectivity index is 1.47. The molecular weight excluding hydrogens is 321 g/mol. The minimum atomic E-state index is -0.381. The van der Waals surface area contributed by atoms with E-state index in [0.717, 1.165) is 11.4 Å². The highest BCUT2D eigenvalue weighted by molar-refractivity contribution is 6.01. The predicted octanol–water partition coefficient (Wildman–Crippen LogP) is 2.62. The van der Waals surface area contributed by atoms with Crippen LogP contribution in [0.3, 0.4) is 0 Å². The maximum atomic E-state index is 13.9. The Bertz CT molecular complexity index is 879. The molecule has 0 spiro atoms. The van der Waals surface area contributed by atoms with Gasteiger partial charge < -0.3 is 10.2 Å². The van der Waals surface area contributed by atoms with Gasteiger partial charge >= 0.3 is 0 Å². The van der Waals surface area contributed by atoms with Crippen molar-refractivity contribution in [1.82, 2.24) is 14.8 Å². The van der Waals surface area contributed by atoms with Crippen molar-refractivity contribution in [2.45, 2.75) is 12.5 Å². The van der Waals surface area contributed by atoms with Crippen LogP contribution in [0.2, 0.25) is 0 Å². The number of amides is 1. The first-order valence-corrected chi connectivity index (χ1v) is 8.00. The van der Waals surface area contributed by atoms with E-state index in [0.29, 0.717) is 18.7 Å². The third kappa shape index (κ3) is 2.96. The zero-order valence-corrected chi connectivity index (χ0v) is 13.3. The molecule has 4 rings (SSSR count). The summed E-state index contributed by atoms with van der Waals surface area (Å²) in [6.45, 7) is 0.495. The van der Waals surface area contributed by atoms with Gasteiger partial charge in [-0.1, -0.05) is 12.1 Å². The minimum Gasteiger partial charge on any atom is -0.374 e. The lowest BCUT2D eigenvalue weighted by Crippen LogP contribution is -2.33. The van der Waals surface area contributed by atoms with E-state index in [9.17, 15) is 9.18 Å². The molecule has 1 aliphatic heterocycles. The van der Waals surface area contributed by atoms with Crippen molar-refractivity contribution in [3.63, 3.8) is 0 Å². The Labute approximate surface area is 143 Å². The molecule has 1 aliphatic rings. The van der Waals surface area contributed by atoms with Crippen molar-refractivity contribution >= 4 is 17.3 Å². The molecule has 7 heteroatoms. The van der Waals surface area contributed by atoms with Gasteiger partial charge in [-0.3, -0.25) is 4.79 Å². The molecule has 3 aromatic rings. The van der Waals surface area contributed by atoms with Crippen LogP contribution in [0.1, 0.15) is 6.42 Å². The molecule has 126 valence electrons. The lowest BCUT2D eigenvalue weighted by Gasteiger charge is -2.18. The van der Waals surface area contributed by atoms with E-state index in [1.165, 1.54) is 17.3 Å². The second-order valence-electron chi connectivity index (χ2n) is 5.81. The molecule has 1 N–H and O–H groups in total. The number of rotatable bonds is 4. The summed E-state index contributed by atoms with van der Waals surface area (Å²) < 4.78 is 15.6. The van der Waals surface area contributed by atoms with E-state index < -0.39 is 0 Å². The zero-order chi connectivity index (χ0) is 17.2. The minimum absolute atomic E-state index is 0.120. The smallest absolute Gasteiger partial charge is 0.249 e. The zero-order valence-electron chi connectivity index (χ0n) is 13.3. The lowest BCUT2D eigenvalue weighted by molar-refractivity contribution is -0.117. The number of hydrogen-bond donors (Lipinski definition) is 1. The number of para-hydroxylation sites is 1. The van der Waals surface area contributed by atoms with E-state index in [-0.39, 0.29) is 17.8 Å². The van der Waals surface area contributed by atoms with Crippen LogP contribution in [-0.2, 0) is 4.79 Å². The number of carbonyl (C=O) groups is 1. The molecule has 6 nitrogen and oxygen atoms in total. The third-order valence-electron chi connectivity index (χ3n) is 4.24. The van der Waals surface area contributed by atoms with Gasteiger partial charge in [0.05, 0.1) is 11.4 Å². The summed E-state index contributed by atoms with van der Waals surface area (Å²) in [5, 5.41) is 7.30. The molecule has 25 heavy (non-hydrogen) atoms. The first-order valence-electron chi connectivity index (χ1n) is 8.00. The van der Waals surface area contributed by atoms with E-state index in [2.05, 4.69) is 15.4 Å². The van der Waals surface area contributed by atoms with Crippen LogP contribution < -0.4 is 10.2 Å². The molecular formula is C18H16FN5O. The standard InChI is InChI=1S/C18H16FN5O/c19-15-3-1-2-4-17(15)23-10-9-16(18(23)25)22-13-5-7-14(8-6-13)24-12-20-11-21-24/h1-8,11-12,16,22H,9-10H2/t16-/m0/s1. The van der Waals surface area contributed by atoms with Gasteiger partial charge in [-0.05, 0) is 42.8 Å². The molecule has 0 aliphatic carbocycles. The van der Waals surface area contributed by atoms with Crippen molar-refractivity contribution in [3.05, 3.63) is 67.0 Å². The molecule has 0 radical (unpaired) electrons. The molecule has 1 atom stereocenters. The van der Waals surface area contributed by atoms with Gasteiger partial charge in [0.25, 0.3) is 0 Å². The molecule has 0 bridgehead atoms. The highest BCUT2D eigenvalue weighted by atomic mass is 19.1. The van der Waals surface area contributed by atoms with Crippen LogP contribution in [0.15, 0.2) is 61.2 Å². The topological polar surface area (TPSA) is 63.1 Å². The highest BCUT2D eigenvalue weighted by Gasteiger charge is 2.33. The number of hydrogen-bond acceptors (Lipinski definition) is 4. The van der Waals surface area contributed by atoms with Crippen molar-refractivity contribution < 1.29 is 9.18 Å². The Morgan fingerprint density at radius 1 is 1.12 bits per heavy atom. The van der Waals surface area contributed by atoms with Gasteiger partial charge in [0.1, 0.15) is 24.5 Å². The largest absolute Gasteiger partial charge is 0.374 e. The average molecular weight is 337 g/mol. The van der Waals surface area contributed by atoms with Crippen LogP contribution in [0.4, 0.5) is 15.8 Å². The first-order chi connectivity index (χ1) is 12.2. The van der Waals surface area contributed by atoms with Gasteiger partial charge in [0.2, 0.25) is 5.91 Å². The molecule has 1 amide bonds. The van der Waals surface area contributed by atoms with Crippen molar-refractivity contribution in [1.29, 1.82) is 0 Å². The summed E-state index contributed by atoms with van der Waals surface area (Å²) in [5.41, 5.74) is 2.05. The summed E-state index contributed by atoms with van der Waals surface area (Å²) in [5.74, 6) is -0.501. The summed E-state index contributed by atoms with van der Waals surface area (Å²) in [6, 6.07) is 13.5. The van der Waals surface area contributed by atoms with Crippen LogP contribution >= 0.6 is 0 Å². The fourth-order valence-corrected chi connectivity index (χ4v) is 2.98. The quantitative estimate of drug-likeness (QED) is 0.795. The number of benzene rings is 2. The number of carbonyl (C=O) groups excluding carboxylic acids is 1. The molecule has 1 saturated heterocycles. The third-order valence-corrected chi connectivity index (χ3v) is 4.24.